The number of hydrogen-bond donors (Lipinski definition) is 1. The molecular formula is C12H10BrNO2. The summed E-state index contributed by atoms with van der Waals surface area (Å²) >= 11 is 3.41. The number of β-lactam (4-membered cyclic amide) rings is 1. The lowest BCUT2D eigenvalue weighted by Gasteiger charge is -2.43. The maximum atomic E-state index is 11.1. The van der Waals surface area contributed by atoms with E-state index >= 15 is 0 Å². The van der Waals surface area contributed by atoms with E-state index in [1.807, 2.05) is 30.3 Å². The first-order chi connectivity index (χ1) is 7.74. The van der Waals surface area contributed by atoms with Crippen molar-refractivity contribution in [3.05, 3.63) is 46.1 Å². The van der Waals surface area contributed by atoms with Crippen molar-refractivity contribution in [3.63, 3.8) is 0 Å². The lowest BCUT2D eigenvalue weighted by atomic mass is 9.78. The van der Waals surface area contributed by atoms with Gasteiger partial charge in [0.05, 0.1) is 6.04 Å². The number of amides is 1. The molecule has 2 atom stereocenters. The Morgan fingerprint density at radius 3 is 3.00 bits per heavy atom. The van der Waals surface area contributed by atoms with Crippen LogP contribution in [0.3, 0.4) is 0 Å². The van der Waals surface area contributed by atoms with Crippen LogP contribution >= 0.6 is 15.9 Å². The number of hydrogen-bond acceptors (Lipinski definition) is 2. The number of ether oxygens (including phenoxy) is 1. The average molecular weight is 280 g/mol. The van der Waals surface area contributed by atoms with Gasteiger partial charge in [0, 0.05) is 4.47 Å². The Kier molecular flexibility index (Phi) is 2.24. The predicted octanol–water partition coefficient (Wildman–Crippen LogP) is 1.98. The minimum absolute atomic E-state index is 0.0212. The van der Waals surface area contributed by atoms with E-state index in [0.29, 0.717) is 6.61 Å². The van der Waals surface area contributed by atoms with Crippen LogP contribution in [0.15, 0.2) is 40.6 Å². The molecule has 0 saturated carbocycles. The Bertz CT molecular complexity index is 484. The third-order valence-electron chi connectivity index (χ3n) is 2.90. The summed E-state index contributed by atoms with van der Waals surface area (Å²) in [5, 5.41) is 2.78. The van der Waals surface area contributed by atoms with Crippen LogP contribution in [0.1, 0.15) is 5.56 Å². The normalized spacial score (nSPS) is 25.8. The van der Waals surface area contributed by atoms with Crippen molar-refractivity contribution in [2.45, 2.75) is 12.6 Å². The summed E-state index contributed by atoms with van der Waals surface area (Å²) in [4.78, 5) is 11.1. The lowest BCUT2D eigenvalue weighted by molar-refractivity contribution is -0.136. The molecule has 0 aromatic heterocycles. The SMILES string of the molecule is O=C1N[C@H]2C=C(OCc3cccc(Br)c3)[C@@H]12. The van der Waals surface area contributed by atoms with Gasteiger partial charge in [0.15, 0.2) is 0 Å². The Balaban J connectivity index is 1.62. The van der Waals surface area contributed by atoms with Crippen molar-refractivity contribution in [3.8, 4) is 0 Å². The molecule has 1 aliphatic carbocycles. The highest BCUT2D eigenvalue weighted by Gasteiger charge is 2.49. The standard InChI is InChI=1S/C12H10BrNO2/c13-8-3-1-2-7(4-8)6-16-10-5-9-11(10)12(15)14-9/h1-5,9,11H,6H2,(H,14,15)/t9-,11-/m0/s1. The van der Waals surface area contributed by atoms with Gasteiger partial charge in [0.1, 0.15) is 18.3 Å². The fourth-order valence-electron chi connectivity index (χ4n) is 1.94. The highest BCUT2D eigenvalue weighted by atomic mass is 79.9. The summed E-state index contributed by atoms with van der Waals surface area (Å²) in [5.74, 6) is 0.873. The van der Waals surface area contributed by atoms with Crippen LogP contribution in [0.5, 0.6) is 0 Å². The van der Waals surface area contributed by atoms with E-state index in [-0.39, 0.29) is 17.9 Å². The van der Waals surface area contributed by atoms with Gasteiger partial charge in [-0.15, -0.1) is 0 Å². The molecule has 1 saturated heterocycles. The second-order valence-corrected chi connectivity index (χ2v) is 4.92. The van der Waals surface area contributed by atoms with E-state index in [4.69, 9.17) is 4.74 Å². The van der Waals surface area contributed by atoms with Crippen LogP contribution in [0, 0.1) is 5.92 Å². The van der Waals surface area contributed by atoms with Crippen LogP contribution in [0.25, 0.3) is 0 Å². The average Bonchev–Trinajstić information content (AvgIpc) is 2.22. The van der Waals surface area contributed by atoms with E-state index < -0.39 is 0 Å². The molecule has 16 heavy (non-hydrogen) atoms. The Labute approximate surface area is 102 Å². The van der Waals surface area contributed by atoms with Crippen molar-refractivity contribution >= 4 is 21.8 Å². The van der Waals surface area contributed by atoms with Crippen LogP contribution in [0.2, 0.25) is 0 Å². The Morgan fingerprint density at radius 2 is 2.31 bits per heavy atom. The first kappa shape index (κ1) is 9.90. The van der Waals surface area contributed by atoms with Crippen molar-refractivity contribution in [1.29, 1.82) is 0 Å². The second-order valence-electron chi connectivity index (χ2n) is 4.00. The summed E-state index contributed by atoms with van der Waals surface area (Å²) in [5.41, 5.74) is 1.10. The molecule has 0 spiro atoms. The molecule has 1 N–H and O–H groups in total. The van der Waals surface area contributed by atoms with Crippen LogP contribution in [0.4, 0.5) is 0 Å². The van der Waals surface area contributed by atoms with Crippen LogP contribution < -0.4 is 5.32 Å². The monoisotopic (exact) mass is 279 g/mol. The summed E-state index contributed by atoms with van der Waals surface area (Å²) in [6, 6.07) is 8.18. The number of benzene rings is 1. The van der Waals surface area contributed by atoms with Gasteiger partial charge >= 0.3 is 0 Å². The minimum atomic E-state index is -0.0212. The van der Waals surface area contributed by atoms with Gasteiger partial charge in [-0.2, -0.15) is 0 Å². The summed E-state index contributed by atoms with van der Waals surface area (Å²) in [6.45, 7) is 0.516. The number of halogens is 1. The first-order valence-electron chi connectivity index (χ1n) is 5.13. The third kappa shape index (κ3) is 1.53. The van der Waals surface area contributed by atoms with Crippen molar-refractivity contribution < 1.29 is 9.53 Å². The fourth-order valence-corrected chi connectivity index (χ4v) is 2.39. The fraction of sp³-hybridized carbons (Fsp3) is 0.250. The molecular weight excluding hydrogens is 270 g/mol. The van der Waals surface area contributed by atoms with Crippen molar-refractivity contribution in [2.75, 3.05) is 0 Å². The Morgan fingerprint density at radius 1 is 1.44 bits per heavy atom. The summed E-state index contributed by atoms with van der Waals surface area (Å²) < 4.78 is 6.64. The lowest BCUT2D eigenvalue weighted by Crippen LogP contribution is -2.63. The van der Waals surface area contributed by atoms with Gasteiger partial charge in [-0.25, -0.2) is 0 Å². The zero-order valence-electron chi connectivity index (χ0n) is 8.44. The molecule has 0 bridgehead atoms. The molecule has 1 fully saturated rings. The predicted molar refractivity (Wildman–Crippen MR) is 62.4 cm³/mol. The molecule has 82 valence electrons. The van der Waals surface area contributed by atoms with Crippen LogP contribution in [-0.4, -0.2) is 11.9 Å². The zero-order valence-corrected chi connectivity index (χ0v) is 10.0. The van der Waals surface area contributed by atoms with Gasteiger partial charge in [-0.1, -0.05) is 28.1 Å². The number of nitrogens with one attached hydrogen (secondary N) is 1. The molecule has 0 radical (unpaired) electrons. The topological polar surface area (TPSA) is 38.3 Å². The van der Waals surface area contributed by atoms with E-state index in [9.17, 15) is 4.79 Å². The van der Waals surface area contributed by atoms with Crippen molar-refractivity contribution in [2.24, 2.45) is 5.92 Å². The van der Waals surface area contributed by atoms with Gasteiger partial charge in [-0.05, 0) is 23.8 Å². The summed E-state index contributed by atoms with van der Waals surface area (Å²) in [6.07, 6.45) is 1.96. The van der Waals surface area contributed by atoms with E-state index in [1.54, 1.807) is 0 Å². The van der Waals surface area contributed by atoms with E-state index in [1.165, 1.54) is 0 Å². The quantitative estimate of drug-likeness (QED) is 0.860. The van der Waals surface area contributed by atoms with Gasteiger partial charge in [0.2, 0.25) is 5.91 Å². The number of carbonyl (C=O) groups is 1. The van der Waals surface area contributed by atoms with Crippen LogP contribution in [-0.2, 0) is 16.1 Å². The maximum absolute atomic E-state index is 11.1. The number of fused-ring (bicyclic) bond motifs is 1. The molecule has 0 unspecified atom stereocenters. The smallest absolute Gasteiger partial charge is 0.233 e. The molecule has 1 aromatic rings. The van der Waals surface area contributed by atoms with Gasteiger partial charge < -0.3 is 10.1 Å². The molecule has 1 heterocycles. The Hall–Kier alpha value is -1.29. The molecule has 4 heteroatoms. The molecule has 1 amide bonds. The molecule has 3 nitrogen and oxygen atoms in total. The highest BCUT2D eigenvalue weighted by molar-refractivity contribution is 9.10. The van der Waals surface area contributed by atoms with Crippen molar-refractivity contribution in [1.82, 2.24) is 5.32 Å². The molecule has 3 rings (SSSR count). The maximum Gasteiger partial charge on any atom is 0.233 e. The largest absolute Gasteiger partial charge is 0.493 e. The third-order valence-corrected chi connectivity index (χ3v) is 3.39. The minimum Gasteiger partial charge on any atom is -0.493 e. The molecule has 1 aliphatic heterocycles. The molecule has 2 aliphatic rings. The van der Waals surface area contributed by atoms with E-state index in [2.05, 4.69) is 21.2 Å². The molecule has 1 aromatic carbocycles. The first-order valence-corrected chi connectivity index (χ1v) is 5.93. The number of carbonyl (C=O) groups excluding carboxylic acids is 1. The number of rotatable bonds is 3. The van der Waals surface area contributed by atoms with Gasteiger partial charge in [0.25, 0.3) is 0 Å². The van der Waals surface area contributed by atoms with Gasteiger partial charge in [-0.3, -0.25) is 4.79 Å². The zero-order chi connectivity index (χ0) is 11.1. The van der Waals surface area contributed by atoms with E-state index in [0.717, 1.165) is 15.8 Å². The summed E-state index contributed by atoms with van der Waals surface area (Å²) in [7, 11) is 0. The highest BCUT2D eigenvalue weighted by Crippen LogP contribution is 2.35. The second kappa shape index (κ2) is 3.63.